The predicted octanol–water partition coefficient (Wildman–Crippen LogP) is 5.33. The zero-order valence-electron chi connectivity index (χ0n) is 13.0. The summed E-state index contributed by atoms with van der Waals surface area (Å²) >= 11 is 0. The van der Waals surface area contributed by atoms with Gasteiger partial charge in [-0.15, -0.1) is 0 Å². The van der Waals surface area contributed by atoms with E-state index in [4.69, 9.17) is 4.74 Å². The Hall–Kier alpha value is -1.97. The summed E-state index contributed by atoms with van der Waals surface area (Å²) < 4.78 is 33.9. The standard InChI is InChI=1S/C18H19F2NO/c1-18(2,3)12-8-14(19)17(15(20)9-12)22-13-6-7-21-16(10-13)11-4-5-11/h6-11H,4-5H2,1-3H3. The fourth-order valence-electron chi connectivity index (χ4n) is 2.30. The van der Waals surface area contributed by atoms with E-state index in [0.29, 0.717) is 17.2 Å². The summed E-state index contributed by atoms with van der Waals surface area (Å²) in [5.41, 5.74) is 1.20. The maximum Gasteiger partial charge on any atom is 0.198 e. The second-order valence-electron chi connectivity index (χ2n) is 6.81. The monoisotopic (exact) mass is 303 g/mol. The minimum Gasteiger partial charge on any atom is -0.451 e. The van der Waals surface area contributed by atoms with Crippen molar-refractivity contribution in [3.63, 3.8) is 0 Å². The summed E-state index contributed by atoms with van der Waals surface area (Å²) in [7, 11) is 0. The molecule has 0 atom stereocenters. The Bertz CT molecular complexity index is 679. The van der Waals surface area contributed by atoms with Crippen LogP contribution >= 0.6 is 0 Å². The average molecular weight is 303 g/mol. The van der Waals surface area contributed by atoms with E-state index in [-0.39, 0.29) is 11.2 Å². The molecule has 2 nitrogen and oxygen atoms in total. The Morgan fingerprint density at radius 2 is 1.73 bits per heavy atom. The summed E-state index contributed by atoms with van der Waals surface area (Å²) in [5, 5.41) is 0. The second kappa shape index (κ2) is 5.34. The SMILES string of the molecule is CC(C)(C)c1cc(F)c(Oc2ccnc(C3CC3)c2)c(F)c1. The molecule has 0 amide bonds. The van der Waals surface area contributed by atoms with Crippen LogP contribution in [-0.4, -0.2) is 4.98 Å². The number of pyridine rings is 1. The van der Waals surface area contributed by atoms with Gasteiger partial charge in [-0.3, -0.25) is 4.98 Å². The Labute approximate surface area is 129 Å². The van der Waals surface area contributed by atoms with Crippen LogP contribution in [0.3, 0.4) is 0 Å². The first kappa shape index (κ1) is 14.9. The molecule has 0 spiro atoms. The van der Waals surface area contributed by atoms with Crippen LogP contribution in [0.15, 0.2) is 30.5 Å². The average Bonchev–Trinajstić information content (AvgIpc) is 3.26. The topological polar surface area (TPSA) is 22.1 Å². The Morgan fingerprint density at radius 1 is 1.09 bits per heavy atom. The molecule has 1 aliphatic carbocycles. The molecule has 1 aliphatic rings. The number of nitrogens with zero attached hydrogens (tertiary/aromatic N) is 1. The summed E-state index contributed by atoms with van der Waals surface area (Å²) in [6, 6.07) is 6.04. The van der Waals surface area contributed by atoms with Gasteiger partial charge in [0, 0.05) is 23.9 Å². The van der Waals surface area contributed by atoms with Crippen LogP contribution in [0.25, 0.3) is 0 Å². The van der Waals surface area contributed by atoms with Crippen molar-refractivity contribution in [1.82, 2.24) is 4.98 Å². The maximum atomic E-state index is 14.2. The predicted molar refractivity (Wildman–Crippen MR) is 81.3 cm³/mol. The highest BCUT2D eigenvalue weighted by Gasteiger charge is 2.25. The molecule has 3 rings (SSSR count). The molecule has 1 aromatic carbocycles. The zero-order valence-corrected chi connectivity index (χ0v) is 13.0. The van der Waals surface area contributed by atoms with Crippen molar-refractivity contribution in [3.8, 4) is 11.5 Å². The van der Waals surface area contributed by atoms with E-state index < -0.39 is 11.6 Å². The molecule has 22 heavy (non-hydrogen) atoms. The van der Waals surface area contributed by atoms with Crippen molar-refractivity contribution in [2.45, 2.75) is 44.9 Å². The van der Waals surface area contributed by atoms with Gasteiger partial charge in [-0.1, -0.05) is 20.8 Å². The van der Waals surface area contributed by atoms with E-state index in [0.717, 1.165) is 18.5 Å². The quantitative estimate of drug-likeness (QED) is 0.765. The molecule has 4 heteroatoms. The van der Waals surface area contributed by atoms with Gasteiger partial charge in [0.25, 0.3) is 0 Å². The molecule has 0 aliphatic heterocycles. The van der Waals surface area contributed by atoms with E-state index in [1.165, 1.54) is 12.1 Å². The van der Waals surface area contributed by atoms with Crippen molar-refractivity contribution in [1.29, 1.82) is 0 Å². The van der Waals surface area contributed by atoms with Gasteiger partial charge in [0.2, 0.25) is 0 Å². The van der Waals surface area contributed by atoms with Crippen LogP contribution in [0.2, 0.25) is 0 Å². The maximum absolute atomic E-state index is 14.2. The lowest BCUT2D eigenvalue weighted by atomic mass is 9.87. The highest BCUT2D eigenvalue weighted by molar-refractivity contribution is 5.38. The minimum atomic E-state index is -0.685. The molecule has 1 aromatic heterocycles. The number of ether oxygens (including phenoxy) is 1. The van der Waals surface area contributed by atoms with Crippen LogP contribution < -0.4 is 4.74 Å². The van der Waals surface area contributed by atoms with Crippen molar-refractivity contribution < 1.29 is 13.5 Å². The Morgan fingerprint density at radius 3 is 2.27 bits per heavy atom. The Kier molecular flexibility index (Phi) is 3.63. The first-order chi connectivity index (χ1) is 10.3. The van der Waals surface area contributed by atoms with E-state index in [9.17, 15) is 8.78 Å². The van der Waals surface area contributed by atoms with Gasteiger partial charge >= 0.3 is 0 Å². The second-order valence-corrected chi connectivity index (χ2v) is 6.81. The molecule has 1 fully saturated rings. The van der Waals surface area contributed by atoms with Gasteiger partial charge in [-0.25, -0.2) is 8.78 Å². The molecule has 0 bridgehead atoms. The van der Waals surface area contributed by atoms with Crippen molar-refractivity contribution in [2.75, 3.05) is 0 Å². The van der Waals surface area contributed by atoms with E-state index in [1.54, 1.807) is 18.3 Å². The fraction of sp³-hybridized carbons (Fsp3) is 0.389. The van der Waals surface area contributed by atoms with E-state index in [1.807, 2.05) is 20.8 Å². The van der Waals surface area contributed by atoms with Crippen LogP contribution in [0.4, 0.5) is 8.78 Å². The van der Waals surface area contributed by atoms with Gasteiger partial charge in [0.05, 0.1) is 0 Å². The van der Waals surface area contributed by atoms with Crippen molar-refractivity contribution in [3.05, 3.63) is 53.4 Å². The van der Waals surface area contributed by atoms with Crippen LogP contribution in [0, 0.1) is 11.6 Å². The fourth-order valence-corrected chi connectivity index (χ4v) is 2.30. The van der Waals surface area contributed by atoms with Crippen LogP contribution in [0.1, 0.15) is 50.8 Å². The van der Waals surface area contributed by atoms with E-state index in [2.05, 4.69) is 4.98 Å². The van der Waals surface area contributed by atoms with Crippen molar-refractivity contribution >= 4 is 0 Å². The summed E-state index contributed by atoms with van der Waals surface area (Å²) in [4.78, 5) is 4.27. The van der Waals surface area contributed by atoms with E-state index >= 15 is 0 Å². The smallest absolute Gasteiger partial charge is 0.198 e. The molecule has 1 saturated carbocycles. The number of hydrogen-bond donors (Lipinski definition) is 0. The lowest BCUT2D eigenvalue weighted by Crippen LogP contribution is -2.12. The third-order valence-corrected chi connectivity index (χ3v) is 3.83. The van der Waals surface area contributed by atoms with Crippen LogP contribution in [-0.2, 0) is 5.41 Å². The number of aromatic nitrogens is 1. The first-order valence-corrected chi connectivity index (χ1v) is 7.48. The number of benzene rings is 1. The molecule has 0 saturated heterocycles. The molecule has 116 valence electrons. The molecule has 2 aromatic rings. The van der Waals surface area contributed by atoms with Gasteiger partial charge in [0.1, 0.15) is 5.75 Å². The summed E-state index contributed by atoms with van der Waals surface area (Å²) in [6.07, 6.45) is 3.83. The lowest BCUT2D eigenvalue weighted by Gasteiger charge is -2.20. The molecule has 0 unspecified atom stereocenters. The highest BCUT2D eigenvalue weighted by Crippen LogP contribution is 2.40. The molecular weight excluding hydrogens is 284 g/mol. The molecular formula is C18H19F2NO. The largest absolute Gasteiger partial charge is 0.451 e. The summed E-state index contributed by atoms with van der Waals surface area (Å²) in [6.45, 7) is 5.73. The third-order valence-electron chi connectivity index (χ3n) is 3.83. The van der Waals surface area contributed by atoms with Gasteiger partial charge < -0.3 is 4.74 Å². The zero-order chi connectivity index (χ0) is 15.9. The molecule has 1 heterocycles. The van der Waals surface area contributed by atoms with Crippen molar-refractivity contribution in [2.24, 2.45) is 0 Å². The van der Waals surface area contributed by atoms with Gasteiger partial charge in [0.15, 0.2) is 17.4 Å². The minimum absolute atomic E-state index is 0.323. The van der Waals surface area contributed by atoms with Gasteiger partial charge in [-0.05, 0) is 42.0 Å². The Balaban J connectivity index is 1.90. The molecule has 0 radical (unpaired) electrons. The number of halogens is 2. The third kappa shape index (κ3) is 3.11. The normalized spacial score (nSPS) is 15.0. The lowest BCUT2D eigenvalue weighted by molar-refractivity contribution is 0.403. The molecule has 0 N–H and O–H groups in total. The van der Waals surface area contributed by atoms with Gasteiger partial charge in [-0.2, -0.15) is 0 Å². The van der Waals surface area contributed by atoms with Crippen LogP contribution in [0.5, 0.6) is 11.5 Å². The summed E-state index contributed by atoms with van der Waals surface area (Å²) in [5.74, 6) is -0.856. The first-order valence-electron chi connectivity index (χ1n) is 7.48. The number of hydrogen-bond acceptors (Lipinski definition) is 2. The highest BCUT2D eigenvalue weighted by atomic mass is 19.1. The number of rotatable bonds is 3.